The molecule has 0 atom stereocenters. The SMILES string of the molecule is O=C(CCCCCc1ccccc1)c1nc2ncc(-c3ccccc3Cl)cc2o1. The molecule has 2 aromatic heterocycles. The number of aryl methyl sites for hydroxylation is 1. The maximum atomic E-state index is 12.5. The van der Waals surface area contributed by atoms with Crippen LogP contribution in [0.5, 0.6) is 0 Å². The molecule has 2 heterocycles. The third-order valence-corrected chi connectivity index (χ3v) is 5.21. The van der Waals surface area contributed by atoms with E-state index >= 15 is 0 Å². The largest absolute Gasteiger partial charge is 0.432 e. The Morgan fingerprint density at radius 3 is 2.59 bits per heavy atom. The number of Topliss-reactive ketones (excluding diaryl/α,β-unsaturated/α-hetero) is 1. The van der Waals surface area contributed by atoms with Gasteiger partial charge in [0.2, 0.25) is 5.78 Å². The van der Waals surface area contributed by atoms with Gasteiger partial charge in [-0.1, -0.05) is 66.6 Å². The molecule has 0 aliphatic carbocycles. The second-order valence-electron chi connectivity index (χ2n) is 7.01. The summed E-state index contributed by atoms with van der Waals surface area (Å²) in [7, 11) is 0. The van der Waals surface area contributed by atoms with E-state index in [0.29, 0.717) is 22.7 Å². The summed E-state index contributed by atoms with van der Waals surface area (Å²) in [6, 6.07) is 19.8. The predicted octanol–water partition coefficient (Wildman–Crippen LogP) is 6.53. The number of rotatable bonds is 8. The lowest BCUT2D eigenvalue weighted by molar-refractivity contribution is 0.0947. The molecular weight excluding hydrogens is 384 g/mol. The summed E-state index contributed by atoms with van der Waals surface area (Å²) in [5.74, 6) is 0.0499. The topological polar surface area (TPSA) is 56.0 Å². The highest BCUT2D eigenvalue weighted by Crippen LogP contribution is 2.29. The number of carbonyl (C=O) groups is 1. The highest BCUT2D eigenvalue weighted by molar-refractivity contribution is 6.33. The average Bonchev–Trinajstić information content (AvgIpc) is 3.18. The van der Waals surface area contributed by atoms with Gasteiger partial charge in [-0.25, -0.2) is 4.98 Å². The van der Waals surface area contributed by atoms with Gasteiger partial charge in [0.25, 0.3) is 5.89 Å². The van der Waals surface area contributed by atoms with Crippen molar-refractivity contribution in [3.8, 4) is 11.1 Å². The molecule has 0 saturated carbocycles. The quantitative estimate of drug-likeness (QED) is 0.247. The third kappa shape index (κ3) is 4.72. The zero-order valence-corrected chi connectivity index (χ0v) is 16.7. The van der Waals surface area contributed by atoms with Crippen LogP contribution in [0.15, 0.2) is 71.3 Å². The highest BCUT2D eigenvalue weighted by Gasteiger charge is 2.16. The Labute approximate surface area is 174 Å². The number of pyridine rings is 1. The number of halogens is 1. The Balaban J connectivity index is 1.36. The highest BCUT2D eigenvalue weighted by atomic mass is 35.5. The van der Waals surface area contributed by atoms with Gasteiger partial charge in [-0.05, 0) is 37.0 Å². The summed E-state index contributed by atoms with van der Waals surface area (Å²) in [5.41, 5.74) is 3.96. The van der Waals surface area contributed by atoms with Gasteiger partial charge >= 0.3 is 0 Å². The van der Waals surface area contributed by atoms with E-state index in [4.69, 9.17) is 16.0 Å². The monoisotopic (exact) mass is 404 g/mol. The van der Waals surface area contributed by atoms with E-state index in [9.17, 15) is 4.79 Å². The molecule has 0 fully saturated rings. The van der Waals surface area contributed by atoms with Crippen molar-refractivity contribution in [2.45, 2.75) is 32.1 Å². The normalized spacial score (nSPS) is 11.1. The number of ketones is 1. The van der Waals surface area contributed by atoms with Gasteiger partial charge in [-0.3, -0.25) is 4.79 Å². The van der Waals surface area contributed by atoms with Crippen LogP contribution in [0.4, 0.5) is 0 Å². The van der Waals surface area contributed by atoms with Gasteiger partial charge in [0.1, 0.15) is 0 Å². The van der Waals surface area contributed by atoms with E-state index in [1.165, 1.54) is 5.56 Å². The fraction of sp³-hybridized carbons (Fsp3) is 0.208. The summed E-state index contributed by atoms with van der Waals surface area (Å²) in [4.78, 5) is 21.0. The Bertz CT molecular complexity index is 1120. The molecule has 4 aromatic rings. The second kappa shape index (κ2) is 9.01. The number of aromatic nitrogens is 2. The fourth-order valence-electron chi connectivity index (χ4n) is 3.32. The van der Waals surface area contributed by atoms with Crippen LogP contribution >= 0.6 is 11.6 Å². The van der Waals surface area contributed by atoms with Crippen LogP contribution in [0.1, 0.15) is 41.9 Å². The minimum absolute atomic E-state index is 0.0815. The Hall–Kier alpha value is -2.98. The van der Waals surface area contributed by atoms with Crippen molar-refractivity contribution in [3.63, 3.8) is 0 Å². The summed E-state index contributed by atoms with van der Waals surface area (Å²) >= 11 is 6.26. The van der Waals surface area contributed by atoms with Gasteiger partial charge < -0.3 is 4.42 Å². The summed E-state index contributed by atoms with van der Waals surface area (Å²) in [6.07, 6.45) is 6.04. The Kier molecular flexibility index (Phi) is 6.01. The Morgan fingerprint density at radius 2 is 1.76 bits per heavy atom. The molecule has 4 nitrogen and oxygen atoms in total. The van der Waals surface area contributed by atoms with E-state index in [0.717, 1.165) is 36.8 Å². The second-order valence-corrected chi connectivity index (χ2v) is 7.42. The molecule has 146 valence electrons. The molecule has 0 saturated heterocycles. The standard InChI is InChI=1S/C24H21ClN2O2/c25-20-13-8-7-12-19(20)18-15-22-23(26-16-18)27-24(29-22)21(28)14-6-2-5-11-17-9-3-1-4-10-17/h1,3-4,7-10,12-13,15-16H,2,5-6,11,14H2. The van der Waals surface area contributed by atoms with E-state index in [1.807, 2.05) is 36.4 Å². The summed E-state index contributed by atoms with van der Waals surface area (Å²) in [5, 5.41) is 0.639. The molecule has 29 heavy (non-hydrogen) atoms. The van der Waals surface area contributed by atoms with Crippen molar-refractivity contribution in [1.29, 1.82) is 0 Å². The molecule has 2 aromatic carbocycles. The molecule has 0 spiro atoms. The number of carbonyl (C=O) groups excluding carboxylic acids is 1. The maximum absolute atomic E-state index is 12.5. The number of hydrogen-bond donors (Lipinski definition) is 0. The van der Waals surface area contributed by atoms with Crippen molar-refractivity contribution in [3.05, 3.63) is 83.3 Å². The summed E-state index contributed by atoms with van der Waals surface area (Å²) < 4.78 is 5.69. The van der Waals surface area contributed by atoms with Crippen LogP contribution < -0.4 is 0 Å². The fourth-order valence-corrected chi connectivity index (χ4v) is 3.57. The van der Waals surface area contributed by atoms with E-state index in [-0.39, 0.29) is 11.7 Å². The molecular formula is C24H21ClN2O2. The lowest BCUT2D eigenvalue weighted by Gasteiger charge is -2.02. The van der Waals surface area contributed by atoms with Crippen LogP contribution in [0.2, 0.25) is 5.02 Å². The number of hydrogen-bond acceptors (Lipinski definition) is 4. The number of unbranched alkanes of at least 4 members (excludes halogenated alkanes) is 2. The lowest BCUT2D eigenvalue weighted by atomic mass is 10.1. The van der Waals surface area contributed by atoms with Crippen LogP contribution in [-0.2, 0) is 6.42 Å². The molecule has 0 amide bonds. The van der Waals surface area contributed by atoms with Gasteiger partial charge in [0.15, 0.2) is 11.2 Å². The molecule has 0 unspecified atom stereocenters. The lowest BCUT2D eigenvalue weighted by Crippen LogP contribution is -1.99. The van der Waals surface area contributed by atoms with Crippen molar-refractivity contribution in [1.82, 2.24) is 9.97 Å². The first-order chi connectivity index (χ1) is 14.2. The third-order valence-electron chi connectivity index (χ3n) is 4.88. The molecule has 5 heteroatoms. The average molecular weight is 405 g/mol. The van der Waals surface area contributed by atoms with Crippen LogP contribution in [0.25, 0.3) is 22.4 Å². The zero-order valence-electron chi connectivity index (χ0n) is 16.0. The molecule has 0 aliphatic heterocycles. The van der Waals surface area contributed by atoms with Gasteiger partial charge in [0, 0.05) is 28.8 Å². The minimum Gasteiger partial charge on any atom is -0.432 e. The number of fused-ring (bicyclic) bond motifs is 1. The molecule has 0 bridgehead atoms. The molecule has 4 rings (SSSR count). The van der Waals surface area contributed by atoms with Crippen molar-refractivity contribution in [2.24, 2.45) is 0 Å². The first-order valence-corrected chi connectivity index (χ1v) is 10.2. The van der Waals surface area contributed by atoms with Gasteiger partial charge in [0.05, 0.1) is 0 Å². The smallest absolute Gasteiger partial charge is 0.265 e. The first kappa shape index (κ1) is 19.3. The van der Waals surface area contributed by atoms with Crippen molar-refractivity contribution >= 4 is 28.6 Å². The van der Waals surface area contributed by atoms with Gasteiger partial charge in [-0.2, -0.15) is 4.98 Å². The predicted molar refractivity (Wildman–Crippen MR) is 115 cm³/mol. The molecule has 0 aliphatic rings. The van der Waals surface area contributed by atoms with Crippen molar-refractivity contribution in [2.75, 3.05) is 0 Å². The van der Waals surface area contributed by atoms with Crippen LogP contribution in [0.3, 0.4) is 0 Å². The van der Waals surface area contributed by atoms with Gasteiger partial charge in [-0.15, -0.1) is 0 Å². The number of oxazole rings is 1. The number of nitrogens with zero attached hydrogens (tertiary/aromatic N) is 2. The maximum Gasteiger partial charge on any atom is 0.265 e. The van der Waals surface area contributed by atoms with Crippen molar-refractivity contribution < 1.29 is 9.21 Å². The number of benzene rings is 2. The molecule has 0 radical (unpaired) electrons. The zero-order chi connectivity index (χ0) is 20.1. The van der Waals surface area contributed by atoms with E-state index in [1.54, 1.807) is 6.20 Å². The van der Waals surface area contributed by atoms with Crippen LogP contribution in [-0.4, -0.2) is 15.8 Å². The Morgan fingerprint density at radius 1 is 0.966 bits per heavy atom. The van der Waals surface area contributed by atoms with Crippen LogP contribution in [0, 0.1) is 0 Å². The minimum atomic E-state index is -0.0815. The summed E-state index contributed by atoms with van der Waals surface area (Å²) in [6.45, 7) is 0. The van der Waals surface area contributed by atoms with E-state index in [2.05, 4.69) is 34.2 Å². The first-order valence-electron chi connectivity index (χ1n) is 9.79. The van der Waals surface area contributed by atoms with E-state index < -0.39 is 0 Å². The molecule has 0 N–H and O–H groups in total.